The van der Waals surface area contributed by atoms with Gasteiger partial charge in [-0.3, -0.25) is 0 Å². The smallest absolute Gasteiger partial charge is 0.174 e. The molecule has 4 heteroatoms. The molecule has 1 aliphatic heterocycles. The Morgan fingerprint density at radius 2 is 1.33 bits per heavy atom. The van der Waals surface area contributed by atoms with E-state index in [-0.39, 0.29) is 6.10 Å². The van der Waals surface area contributed by atoms with Crippen LogP contribution in [-0.4, -0.2) is 21.6 Å². The number of unbranched alkanes of at least 4 members (excludes halogenated alkanes) is 4. The summed E-state index contributed by atoms with van der Waals surface area (Å²) in [4.78, 5) is 0. The summed E-state index contributed by atoms with van der Waals surface area (Å²) in [7, 11) is -3.55. The lowest BCUT2D eigenvalue weighted by Crippen LogP contribution is -2.61. The quantitative estimate of drug-likeness (QED) is 0.400. The second kappa shape index (κ2) is 9.01. The number of aryl methyl sites for hydroxylation is 2. The van der Waals surface area contributed by atoms with Gasteiger partial charge in [0, 0.05) is 5.69 Å². The highest BCUT2D eigenvalue weighted by Gasteiger charge is 2.52. The average molecular weight is 440 g/mol. The molecular formula is C26H41NOSi2. The Labute approximate surface area is 186 Å². The first-order chi connectivity index (χ1) is 14.1. The maximum absolute atomic E-state index is 10.8. The molecule has 0 radical (unpaired) electrons. The number of hydrogen-bond acceptors (Lipinski definition) is 2. The average Bonchev–Trinajstić information content (AvgIpc) is 2.84. The fourth-order valence-electron chi connectivity index (χ4n) is 5.69. The van der Waals surface area contributed by atoms with Crippen molar-refractivity contribution in [2.45, 2.75) is 91.6 Å². The standard InChI is InChI=1S/C26H41NOSi2/c1-8-9-10-11-12-15-23(28)22-18-20(2)26(21(3)19-22)27-29(4,5)24-16-13-14-17-25(24)30(27,6)7/h13-14,16-19,23,28H,8-12,15H2,1-7H3. The molecule has 1 heterocycles. The minimum Gasteiger partial charge on any atom is -0.417 e. The summed E-state index contributed by atoms with van der Waals surface area (Å²) in [6, 6.07) is 13.7. The van der Waals surface area contributed by atoms with Crippen molar-refractivity contribution in [1.29, 1.82) is 0 Å². The zero-order valence-electron chi connectivity index (χ0n) is 20.2. The van der Waals surface area contributed by atoms with Gasteiger partial charge in [0.2, 0.25) is 0 Å². The van der Waals surface area contributed by atoms with Crippen LogP contribution in [-0.2, 0) is 0 Å². The summed E-state index contributed by atoms with van der Waals surface area (Å²) in [5, 5.41) is 14.0. The van der Waals surface area contributed by atoms with E-state index in [0.717, 1.165) is 18.4 Å². The Hall–Kier alpha value is -1.37. The maximum atomic E-state index is 10.8. The molecule has 1 N–H and O–H groups in total. The maximum Gasteiger partial charge on any atom is 0.174 e. The minimum absolute atomic E-state index is 0.343. The van der Waals surface area contributed by atoms with Gasteiger partial charge in [-0.05, 0) is 73.5 Å². The first-order valence-electron chi connectivity index (χ1n) is 11.8. The molecule has 0 fully saturated rings. The summed E-state index contributed by atoms with van der Waals surface area (Å²) in [5.74, 6) is 0. The second-order valence-corrected chi connectivity index (χ2v) is 18.9. The fourth-order valence-corrected chi connectivity index (χ4v) is 18.6. The Kier molecular flexibility index (Phi) is 7.00. The van der Waals surface area contributed by atoms with E-state index in [4.69, 9.17) is 0 Å². The molecule has 0 amide bonds. The molecule has 0 aromatic heterocycles. The highest BCUT2D eigenvalue weighted by atomic mass is 28.4. The molecule has 0 aliphatic carbocycles. The molecule has 3 rings (SSSR count). The van der Waals surface area contributed by atoms with Crippen LogP contribution in [0.15, 0.2) is 36.4 Å². The highest BCUT2D eigenvalue weighted by molar-refractivity contribution is 7.18. The van der Waals surface area contributed by atoms with Crippen molar-refractivity contribution in [3.63, 3.8) is 0 Å². The number of aliphatic hydroxyl groups excluding tert-OH is 1. The van der Waals surface area contributed by atoms with E-state index in [1.54, 1.807) is 10.4 Å². The Morgan fingerprint density at radius 1 is 0.833 bits per heavy atom. The van der Waals surface area contributed by atoms with Crippen LogP contribution in [0.4, 0.5) is 5.69 Å². The third-order valence-corrected chi connectivity index (χ3v) is 16.9. The summed E-state index contributed by atoms with van der Waals surface area (Å²) >= 11 is 0. The zero-order chi connectivity index (χ0) is 22.1. The molecule has 164 valence electrons. The molecule has 1 aliphatic rings. The molecule has 2 aromatic carbocycles. The van der Waals surface area contributed by atoms with Gasteiger partial charge in [0.15, 0.2) is 16.5 Å². The van der Waals surface area contributed by atoms with E-state index in [1.807, 2.05) is 0 Å². The molecule has 30 heavy (non-hydrogen) atoms. The number of aliphatic hydroxyl groups is 1. The second-order valence-electron chi connectivity index (χ2n) is 10.2. The van der Waals surface area contributed by atoms with Crippen molar-refractivity contribution in [3.05, 3.63) is 53.1 Å². The van der Waals surface area contributed by atoms with Crippen LogP contribution in [0, 0.1) is 13.8 Å². The largest absolute Gasteiger partial charge is 0.417 e. The minimum atomic E-state index is -1.78. The van der Waals surface area contributed by atoms with Crippen LogP contribution in [0.5, 0.6) is 0 Å². The van der Waals surface area contributed by atoms with Gasteiger partial charge in [-0.15, -0.1) is 0 Å². The molecule has 0 saturated heterocycles. The Balaban J connectivity index is 1.89. The highest BCUT2D eigenvalue weighted by Crippen LogP contribution is 2.38. The van der Waals surface area contributed by atoms with Gasteiger partial charge in [0.1, 0.15) is 0 Å². The monoisotopic (exact) mass is 439 g/mol. The number of benzene rings is 2. The molecule has 0 saturated carbocycles. The number of nitrogens with zero attached hydrogens (tertiary/aromatic N) is 1. The van der Waals surface area contributed by atoms with Crippen LogP contribution in [0.2, 0.25) is 26.2 Å². The predicted octanol–water partition coefficient (Wildman–Crippen LogP) is 6.04. The van der Waals surface area contributed by atoms with Crippen LogP contribution >= 0.6 is 0 Å². The zero-order valence-corrected chi connectivity index (χ0v) is 22.2. The van der Waals surface area contributed by atoms with Gasteiger partial charge >= 0.3 is 0 Å². The van der Waals surface area contributed by atoms with Crippen molar-refractivity contribution in [3.8, 4) is 0 Å². The van der Waals surface area contributed by atoms with E-state index >= 15 is 0 Å². The number of fused-ring (bicyclic) bond motifs is 1. The van der Waals surface area contributed by atoms with Crippen molar-refractivity contribution in [2.75, 3.05) is 4.23 Å². The normalized spacial score (nSPS) is 17.8. The predicted molar refractivity (Wildman–Crippen MR) is 137 cm³/mol. The van der Waals surface area contributed by atoms with Gasteiger partial charge in [-0.2, -0.15) is 0 Å². The van der Waals surface area contributed by atoms with Gasteiger partial charge in [0.05, 0.1) is 6.10 Å². The van der Waals surface area contributed by atoms with E-state index in [0.29, 0.717) is 0 Å². The third-order valence-electron chi connectivity index (χ3n) is 7.07. The lowest BCUT2D eigenvalue weighted by atomic mass is 9.97. The molecular weight excluding hydrogens is 398 g/mol. The molecule has 1 unspecified atom stereocenters. The first-order valence-corrected chi connectivity index (χ1v) is 17.7. The first kappa shape index (κ1) is 23.3. The number of rotatable bonds is 8. The van der Waals surface area contributed by atoms with Crippen LogP contribution in [0.25, 0.3) is 0 Å². The van der Waals surface area contributed by atoms with Gasteiger partial charge in [-0.1, -0.05) is 75.4 Å². The van der Waals surface area contributed by atoms with Crippen molar-refractivity contribution < 1.29 is 5.11 Å². The van der Waals surface area contributed by atoms with E-state index < -0.39 is 16.5 Å². The number of anilines is 1. The molecule has 1 atom stereocenters. The number of hydrogen-bond donors (Lipinski definition) is 1. The summed E-state index contributed by atoms with van der Waals surface area (Å²) < 4.78 is 2.87. The lowest BCUT2D eigenvalue weighted by Gasteiger charge is -2.43. The Bertz CT molecular complexity index is 832. The molecule has 0 spiro atoms. The summed E-state index contributed by atoms with van der Waals surface area (Å²) in [6.07, 6.45) is 6.73. The van der Waals surface area contributed by atoms with Crippen molar-refractivity contribution >= 4 is 32.5 Å². The van der Waals surface area contributed by atoms with Crippen LogP contribution in [0.3, 0.4) is 0 Å². The molecule has 2 nitrogen and oxygen atoms in total. The fraction of sp³-hybridized carbons (Fsp3) is 0.538. The van der Waals surface area contributed by atoms with E-state index in [2.05, 4.69) is 87.6 Å². The van der Waals surface area contributed by atoms with Gasteiger partial charge in [0.25, 0.3) is 0 Å². The van der Waals surface area contributed by atoms with Crippen molar-refractivity contribution in [1.82, 2.24) is 0 Å². The lowest BCUT2D eigenvalue weighted by molar-refractivity contribution is 0.163. The molecule has 2 aromatic rings. The van der Waals surface area contributed by atoms with Crippen LogP contribution in [0.1, 0.15) is 68.2 Å². The molecule has 0 bridgehead atoms. The SMILES string of the molecule is CCCCCCCC(O)c1cc(C)c(N2[Si](C)(C)c3ccccc3[Si]2(C)C)c(C)c1. The third kappa shape index (κ3) is 4.19. The van der Waals surface area contributed by atoms with E-state index in [9.17, 15) is 5.11 Å². The summed E-state index contributed by atoms with van der Waals surface area (Å²) in [5.41, 5.74) is 5.17. The Morgan fingerprint density at radius 3 is 1.83 bits per heavy atom. The van der Waals surface area contributed by atoms with Crippen LogP contribution < -0.4 is 14.6 Å². The summed E-state index contributed by atoms with van der Waals surface area (Å²) in [6.45, 7) is 16.8. The van der Waals surface area contributed by atoms with Gasteiger partial charge < -0.3 is 9.34 Å². The van der Waals surface area contributed by atoms with E-state index in [1.165, 1.54) is 42.5 Å². The van der Waals surface area contributed by atoms with Crippen molar-refractivity contribution in [2.24, 2.45) is 0 Å². The topological polar surface area (TPSA) is 23.5 Å². The van der Waals surface area contributed by atoms with Gasteiger partial charge in [-0.25, -0.2) is 0 Å².